The Morgan fingerprint density at radius 1 is 1.09 bits per heavy atom. The van der Waals surface area contributed by atoms with Crippen LogP contribution in [-0.2, 0) is 9.59 Å². The van der Waals surface area contributed by atoms with Gasteiger partial charge in [-0.2, -0.15) is 0 Å². The first-order valence-electron chi connectivity index (χ1n) is 10.2. The molecule has 0 radical (unpaired) electrons. The van der Waals surface area contributed by atoms with E-state index in [-0.39, 0.29) is 16.9 Å². The number of rotatable bonds is 8. The van der Waals surface area contributed by atoms with Gasteiger partial charge in [-0.15, -0.1) is 0 Å². The van der Waals surface area contributed by atoms with Crippen molar-refractivity contribution in [3.05, 3.63) is 65.0 Å². The number of benzene rings is 2. The van der Waals surface area contributed by atoms with Crippen molar-refractivity contribution in [3.8, 4) is 11.5 Å². The molecule has 0 aromatic heterocycles. The molecule has 0 aliphatic carbocycles. The Bertz CT molecular complexity index is 1050. The molecule has 1 fully saturated rings. The number of para-hydroxylation sites is 1. The lowest BCUT2D eigenvalue weighted by atomic mass is 9.94. The zero-order valence-corrected chi connectivity index (χ0v) is 18.6. The zero-order valence-electron chi connectivity index (χ0n) is 18.6. The minimum Gasteiger partial charge on any atom is -0.507 e. The highest BCUT2D eigenvalue weighted by Gasteiger charge is 2.47. The van der Waals surface area contributed by atoms with Crippen LogP contribution in [0.25, 0.3) is 5.76 Å². The van der Waals surface area contributed by atoms with E-state index in [0.29, 0.717) is 30.8 Å². The van der Waals surface area contributed by atoms with E-state index in [2.05, 4.69) is 0 Å². The standard InChI is InChI=1S/C24H27FN2O5/c1-26(2)12-7-13-27-21(16-8-5-6-9-18(16)31-3)20(23(29)24(27)30)22(28)17-14-15(25)10-11-19(17)32-4/h5-6,8-11,14,21,28H,7,12-13H2,1-4H3/b22-20+/t21-/m1/s1. The lowest BCUT2D eigenvalue weighted by Gasteiger charge is -2.27. The number of aliphatic hydroxyl groups is 1. The molecule has 3 rings (SSSR count). The summed E-state index contributed by atoms with van der Waals surface area (Å²) in [5, 5.41) is 11.2. The third kappa shape index (κ3) is 4.45. The molecule has 1 atom stereocenters. The molecular weight excluding hydrogens is 415 g/mol. The zero-order chi connectivity index (χ0) is 23.4. The van der Waals surface area contributed by atoms with Crippen LogP contribution in [0, 0.1) is 5.82 Å². The van der Waals surface area contributed by atoms with Crippen molar-refractivity contribution in [2.45, 2.75) is 12.5 Å². The molecule has 8 heteroatoms. The summed E-state index contributed by atoms with van der Waals surface area (Å²) in [7, 11) is 6.71. The lowest BCUT2D eigenvalue weighted by molar-refractivity contribution is -0.140. The van der Waals surface area contributed by atoms with Crippen LogP contribution in [0.5, 0.6) is 11.5 Å². The van der Waals surface area contributed by atoms with Gasteiger partial charge in [0.2, 0.25) is 0 Å². The molecule has 2 aromatic rings. The Hall–Kier alpha value is -3.39. The van der Waals surface area contributed by atoms with Crippen LogP contribution in [0.2, 0.25) is 0 Å². The number of hydrogen-bond donors (Lipinski definition) is 1. The van der Waals surface area contributed by atoms with E-state index in [1.54, 1.807) is 24.3 Å². The molecular formula is C24H27FN2O5. The number of nitrogens with zero attached hydrogens (tertiary/aromatic N) is 2. The van der Waals surface area contributed by atoms with E-state index in [0.717, 1.165) is 6.07 Å². The topological polar surface area (TPSA) is 79.3 Å². The molecule has 1 amide bonds. The number of carbonyl (C=O) groups excluding carboxylic acids is 2. The number of ether oxygens (including phenoxy) is 2. The second kappa shape index (κ2) is 9.82. The maximum absolute atomic E-state index is 14.0. The third-order valence-corrected chi connectivity index (χ3v) is 5.39. The van der Waals surface area contributed by atoms with Crippen molar-refractivity contribution in [2.24, 2.45) is 0 Å². The number of methoxy groups -OCH3 is 2. The number of ketones is 1. The summed E-state index contributed by atoms with van der Waals surface area (Å²) < 4.78 is 24.7. The van der Waals surface area contributed by atoms with E-state index < -0.39 is 29.3 Å². The van der Waals surface area contributed by atoms with Crippen molar-refractivity contribution in [3.63, 3.8) is 0 Å². The average molecular weight is 442 g/mol. The van der Waals surface area contributed by atoms with Crippen molar-refractivity contribution in [1.82, 2.24) is 9.80 Å². The number of carbonyl (C=O) groups is 2. The second-order valence-corrected chi connectivity index (χ2v) is 7.74. The molecule has 32 heavy (non-hydrogen) atoms. The molecule has 0 saturated carbocycles. The van der Waals surface area contributed by atoms with Crippen molar-refractivity contribution in [1.29, 1.82) is 0 Å². The van der Waals surface area contributed by atoms with Crippen molar-refractivity contribution >= 4 is 17.4 Å². The molecule has 1 aliphatic heterocycles. The van der Waals surface area contributed by atoms with E-state index in [1.807, 2.05) is 19.0 Å². The van der Waals surface area contributed by atoms with Crippen LogP contribution in [-0.4, -0.2) is 68.0 Å². The number of amides is 1. The van der Waals surface area contributed by atoms with Crippen LogP contribution in [0.4, 0.5) is 4.39 Å². The Balaban J connectivity index is 2.20. The SMILES string of the molecule is COc1ccc(F)cc1/C(O)=C1\C(=O)C(=O)N(CCCN(C)C)[C@@H]1c1ccccc1OC. The molecule has 1 saturated heterocycles. The Morgan fingerprint density at radius 2 is 1.78 bits per heavy atom. The van der Waals surface area contributed by atoms with Gasteiger partial charge >= 0.3 is 0 Å². The van der Waals surface area contributed by atoms with Crippen molar-refractivity contribution < 1.29 is 28.6 Å². The van der Waals surface area contributed by atoms with Gasteiger partial charge in [-0.05, 0) is 51.3 Å². The highest BCUT2D eigenvalue weighted by Crippen LogP contribution is 2.43. The fourth-order valence-electron chi connectivity index (χ4n) is 3.89. The predicted octanol–water partition coefficient (Wildman–Crippen LogP) is 3.22. The van der Waals surface area contributed by atoms with Gasteiger partial charge < -0.3 is 24.4 Å². The maximum Gasteiger partial charge on any atom is 0.295 e. The smallest absolute Gasteiger partial charge is 0.295 e. The fraction of sp³-hybridized carbons (Fsp3) is 0.333. The second-order valence-electron chi connectivity index (χ2n) is 7.74. The van der Waals surface area contributed by atoms with Gasteiger partial charge in [-0.3, -0.25) is 9.59 Å². The van der Waals surface area contributed by atoms with Gasteiger partial charge in [-0.25, -0.2) is 4.39 Å². The fourth-order valence-corrected chi connectivity index (χ4v) is 3.89. The normalized spacial score (nSPS) is 17.8. The van der Waals surface area contributed by atoms with Crippen LogP contribution in [0.3, 0.4) is 0 Å². The summed E-state index contributed by atoms with van der Waals surface area (Å²) in [6.45, 7) is 1.00. The van der Waals surface area contributed by atoms with Crippen molar-refractivity contribution in [2.75, 3.05) is 41.4 Å². The quantitative estimate of drug-likeness (QED) is 0.384. The maximum atomic E-state index is 14.0. The predicted molar refractivity (Wildman–Crippen MR) is 118 cm³/mol. The molecule has 0 spiro atoms. The summed E-state index contributed by atoms with van der Waals surface area (Å²) in [5.74, 6) is -2.02. The van der Waals surface area contributed by atoms with Gasteiger partial charge in [0, 0.05) is 12.1 Å². The van der Waals surface area contributed by atoms with Gasteiger partial charge in [0.15, 0.2) is 0 Å². The summed E-state index contributed by atoms with van der Waals surface area (Å²) >= 11 is 0. The van der Waals surface area contributed by atoms with E-state index in [9.17, 15) is 19.1 Å². The highest BCUT2D eigenvalue weighted by molar-refractivity contribution is 6.46. The van der Waals surface area contributed by atoms with Crippen LogP contribution < -0.4 is 9.47 Å². The van der Waals surface area contributed by atoms with E-state index in [1.165, 1.54) is 31.3 Å². The molecule has 170 valence electrons. The molecule has 1 N–H and O–H groups in total. The molecule has 7 nitrogen and oxygen atoms in total. The van der Waals surface area contributed by atoms with Gasteiger partial charge in [-0.1, -0.05) is 18.2 Å². The summed E-state index contributed by atoms with van der Waals surface area (Å²) in [5.41, 5.74) is 0.419. The minimum absolute atomic E-state index is 0.00121. The van der Waals surface area contributed by atoms with Crippen LogP contribution >= 0.6 is 0 Å². The van der Waals surface area contributed by atoms with Gasteiger partial charge in [0.1, 0.15) is 23.1 Å². The van der Waals surface area contributed by atoms with E-state index in [4.69, 9.17) is 9.47 Å². The first-order chi connectivity index (χ1) is 15.3. The molecule has 1 heterocycles. The average Bonchev–Trinajstić information content (AvgIpc) is 3.03. The number of Topliss-reactive ketones (excluding diaryl/α,β-unsaturated/α-hetero) is 1. The third-order valence-electron chi connectivity index (χ3n) is 5.39. The number of aliphatic hydroxyl groups excluding tert-OH is 1. The Morgan fingerprint density at radius 3 is 2.44 bits per heavy atom. The van der Waals surface area contributed by atoms with Gasteiger partial charge in [0.25, 0.3) is 11.7 Å². The molecule has 1 aliphatic rings. The van der Waals surface area contributed by atoms with Crippen LogP contribution in [0.15, 0.2) is 48.0 Å². The molecule has 0 unspecified atom stereocenters. The summed E-state index contributed by atoms with van der Waals surface area (Å²) in [4.78, 5) is 29.5. The van der Waals surface area contributed by atoms with Gasteiger partial charge in [0.05, 0.1) is 31.4 Å². The van der Waals surface area contributed by atoms with Crippen LogP contribution in [0.1, 0.15) is 23.6 Å². The lowest BCUT2D eigenvalue weighted by Crippen LogP contribution is -2.32. The summed E-state index contributed by atoms with van der Waals surface area (Å²) in [6.07, 6.45) is 0.620. The van der Waals surface area contributed by atoms with E-state index >= 15 is 0 Å². The Labute approximate surface area is 186 Å². The molecule has 2 aromatic carbocycles. The highest BCUT2D eigenvalue weighted by atomic mass is 19.1. The first kappa shape index (κ1) is 23.3. The first-order valence-corrected chi connectivity index (χ1v) is 10.2. The minimum atomic E-state index is -0.888. The summed E-state index contributed by atoms with van der Waals surface area (Å²) in [6, 6.07) is 9.73. The molecule has 0 bridgehead atoms. The monoisotopic (exact) mass is 442 g/mol. The number of likely N-dealkylation sites (tertiary alicyclic amines) is 1. The number of halogens is 1. The Kier molecular flexibility index (Phi) is 7.15. The number of hydrogen-bond acceptors (Lipinski definition) is 6. The largest absolute Gasteiger partial charge is 0.507 e.